The first kappa shape index (κ1) is 21.9. The molecule has 0 bridgehead atoms. The van der Waals surface area contributed by atoms with Crippen LogP contribution in [-0.4, -0.2) is 45.8 Å². The Morgan fingerprint density at radius 1 is 1.06 bits per heavy atom. The molecule has 1 aliphatic rings. The molecule has 1 aromatic heterocycles. The van der Waals surface area contributed by atoms with Crippen molar-refractivity contribution in [3.05, 3.63) is 83.3 Å². The van der Waals surface area contributed by atoms with Crippen molar-refractivity contribution in [1.82, 2.24) is 14.7 Å². The molecule has 0 amide bonds. The third-order valence-corrected chi connectivity index (χ3v) is 5.85. The summed E-state index contributed by atoms with van der Waals surface area (Å²) in [5, 5.41) is 11.6. The highest BCUT2D eigenvalue weighted by molar-refractivity contribution is 7.80. The van der Waals surface area contributed by atoms with Crippen LogP contribution in [0.5, 0.6) is 0 Å². The second-order valence-electron chi connectivity index (χ2n) is 7.63. The maximum absolute atomic E-state index is 12.1. The quantitative estimate of drug-likeness (QED) is 0.294. The highest BCUT2D eigenvalue weighted by Gasteiger charge is 2.38. The molecular weight excluding hydrogens is 442 g/mol. The molecule has 2 aromatic carbocycles. The lowest BCUT2D eigenvalue weighted by atomic mass is 9.93. The lowest BCUT2D eigenvalue weighted by Gasteiger charge is -2.18. The summed E-state index contributed by atoms with van der Waals surface area (Å²) in [5.41, 5.74) is 4.00. The van der Waals surface area contributed by atoms with Gasteiger partial charge in [0.2, 0.25) is 0 Å². The minimum atomic E-state index is -0.393. The fourth-order valence-electron chi connectivity index (χ4n) is 3.70. The van der Waals surface area contributed by atoms with E-state index >= 15 is 0 Å². The molecule has 162 valence electrons. The van der Waals surface area contributed by atoms with Gasteiger partial charge in [0.15, 0.2) is 6.29 Å². The van der Waals surface area contributed by atoms with E-state index in [4.69, 9.17) is 34.0 Å². The van der Waals surface area contributed by atoms with Crippen LogP contribution in [-0.2, 0) is 4.79 Å². The van der Waals surface area contributed by atoms with Crippen LogP contribution in [0.3, 0.4) is 0 Å². The Morgan fingerprint density at radius 3 is 2.22 bits per heavy atom. The van der Waals surface area contributed by atoms with Crippen molar-refractivity contribution in [2.24, 2.45) is 5.10 Å². The fourth-order valence-corrected chi connectivity index (χ4v) is 4.47. The predicted molar refractivity (Wildman–Crippen MR) is 134 cm³/mol. The van der Waals surface area contributed by atoms with Gasteiger partial charge in [0.05, 0.1) is 28.6 Å². The third-order valence-electron chi connectivity index (χ3n) is 5.08. The average Bonchev–Trinajstić information content (AvgIpc) is 3.28. The van der Waals surface area contributed by atoms with Crippen LogP contribution in [0.4, 0.5) is 5.69 Å². The van der Waals surface area contributed by atoms with E-state index in [1.807, 2.05) is 81.7 Å². The van der Waals surface area contributed by atoms with Gasteiger partial charge in [-0.05, 0) is 31.2 Å². The van der Waals surface area contributed by atoms with Gasteiger partial charge in [-0.1, -0.05) is 60.2 Å². The van der Waals surface area contributed by atoms with E-state index in [0.29, 0.717) is 27.0 Å². The van der Waals surface area contributed by atoms with Gasteiger partial charge in [0.25, 0.3) is 0 Å². The smallest absolute Gasteiger partial charge is 0.153 e. The topological polar surface area (TPSA) is 53.7 Å². The molecule has 0 N–H and O–H groups in total. The van der Waals surface area contributed by atoms with Gasteiger partial charge >= 0.3 is 0 Å². The van der Waals surface area contributed by atoms with Crippen LogP contribution >= 0.6 is 23.8 Å². The van der Waals surface area contributed by atoms with Crippen LogP contribution in [0.15, 0.2) is 72.0 Å². The van der Waals surface area contributed by atoms with Crippen molar-refractivity contribution >= 4 is 52.1 Å². The monoisotopic (exact) mass is 463 g/mol. The zero-order valence-corrected chi connectivity index (χ0v) is 19.5. The summed E-state index contributed by atoms with van der Waals surface area (Å²) >= 11 is 12.8. The molecule has 2 heterocycles. The first-order valence-electron chi connectivity index (χ1n) is 10.0. The summed E-state index contributed by atoms with van der Waals surface area (Å²) < 4.78 is 1.64. The first-order valence-corrected chi connectivity index (χ1v) is 10.8. The SMILES string of the molecule is CC1=NN(c2ccccc2)C(=S)C1c1c(/C(C=O)=C\N(C)C)nn(-c2ccccc2)c1Cl. The minimum absolute atomic E-state index is 0.393. The molecule has 0 aliphatic carbocycles. The number of thiocarbonyl (C=S) groups is 1. The Balaban J connectivity index is 1.90. The largest absolute Gasteiger partial charge is 0.383 e. The van der Waals surface area contributed by atoms with E-state index in [1.54, 1.807) is 20.8 Å². The molecule has 1 unspecified atom stereocenters. The van der Waals surface area contributed by atoms with Crippen molar-refractivity contribution in [3.8, 4) is 5.69 Å². The number of nitrogens with zero attached hydrogens (tertiary/aromatic N) is 5. The minimum Gasteiger partial charge on any atom is -0.383 e. The third kappa shape index (κ3) is 3.97. The van der Waals surface area contributed by atoms with Crippen molar-refractivity contribution in [2.75, 3.05) is 19.1 Å². The number of carbonyl (C=O) groups excluding carboxylic acids is 1. The molecular formula is C24H22ClN5OS. The molecule has 0 radical (unpaired) electrons. The number of carbonyl (C=O) groups is 1. The number of allylic oxidation sites excluding steroid dienone is 1. The molecule has 6 nitrogen and oxygen atoms in total. The average molecular weight is 464 g/mol. The number of hydrogen-bond donors (Lipinski definition) is 0. The number of halogens is 1. The lowest BCUT2D eigenvalue weighted by molar-refractivity contribution is -0.103. The number of hydrazone groups is 1. The highest BCUT2D eigenvalue weighted by Crippen LogP contribution is 2.39. The summed E-state index contributed by atoms with van der Waals surface area (Å²) in [7, 11) is 3.70. The Kier molecular flexibility index (Phi) is 6.21. The molecule has 0 fully saturated rings. The van der Waals surface area contributed by atoms with E-state index in [1.165, 1.54) is 0 Å². The van der Waals surface area contributed by atoms with E-state index in [2.05, 4.69) is 0 Å². The van der Waals surface area contributed by atoms with Crippen LogP contribution < -0.4 is 5.01 Å². The van der Waals surface area contributed by atoms with Gasteiger partial charge in [-0.2, -0.15) is 10.2 Å². The van der Waals surface area contributed by atoms with E-state index in [0.717, 1.165) is 23.4 Å². The van der Waals surface area contributed by atoms with Gasteiger partial charge in [0.1, 0.15) is 15.8 Å². The molecule has 1 aliphatic heterocycles. The second-order valence-corrected chi connectivity index (χ2v) is 8.40. The predicted octanol–water partition coefficient (Wildman–Crippen LogP) is 4.93. The number of para-hydroxylation sites is 2. The fraction of sp³-hybridized carbons (Fsp3) is 0.167. The Hall–Kier alpha value is -3.29. The Labute approximate surface area is 197 Å². The van der Waals surface area contributed by atoms with Gasteiger partial charge in [0, 0.05) is 25.9 Å². The number of aldehydes is 1. The molecule has 0 saturated carbocycles. The molecule has 32 heavy (non-hydrogen) atoms. The summed E-state index contributed by atoms with van der Waals surface area (Å²) in [6.45, 7) is 1.91. The van der Waals surface area contributed by atoms with Gasteiger partial charge in [-0.25, -0.2) is 9.69 Å². The lowest BCUT2D eigenvalue weighted by Crippen LogP contribution is -2.24. The summed E-state index contributed by atoms with van der Waals surface area (Å²) in [6.07, 6.45) is 2.51. The zero-order valence-electron chi connectivity index (χ0n) is 17.9. The van der Waals surface area contributed by atoms with Crippen molar-refractivity contribution in [2.45, 2.75) is 12.8 Å². The first-order chi connectivity index (χ1) is 15.4. The van der Waals surface area contributed by atoms with Gasteiger partial charge in [-0.15, -0.1) is 0 Å². The van der Waals surface area contributed by atoms with E-state index in [-0.39, 0.29) is 0 Å². The Morgan fingerprint density at radius 2 is 1.66 bits per heavy atom. The summed E-state index contributed by atoms with van der Waals surface area (Å²) in [6, 6.07) is 19.3. The van der Waals surface area contributed by atoms with Crippen molar-refractivity contribution < 1.29 is 4.79 Å². The maximum Gasteiger partial charge on any atom is 0.153 e. The van der Waals surface area contributed by atoms with Crippen LogP contribution in [0.1, 0.15) is 24.1 Å². The maximum atomic E-state index is 12.1. The molecule has 8 heteroatoms. The summed E-state index contributed by atoms with van der Waals surface area (Å²) in [4.78, 5) is 14.4. The second kappa shape index (κ2) is 9.06. The van der Waals surface area contributed by atoms with Gasteiger partial charge < -0.3 is 4.90 Å². The summed E-state index contributed by atoms with van der Waals surface area (Å²) in [5.74, 6) is -0.393. The zero-order chi connectivity index (χ0) is 22.8. The number of benzene rings is 2. The number of rotatable bonds is 6. The molecule has 0 spiro atoms. The van der Waals surface area contributed by atoms with E-state index < -0.39 is 5.92 Å². The Bertz CT molecular complexity index is 1220. The molecule has 1 atom stereocenters. The highest BCUT2D eigenvalue weighted by atomic mass is 35.5. The van der Waals surface area contributed by atoms with Crippen LogP contribution in [0.25, 0.3) is 11.3 Å². The van der Waals surface area contributed by atoms with Crippen molar-refractivity contribution in [1.29, 1.82) is 0 Å². The molecule has 0 saturated heterocycles. The number of anilines is 1. The standard InChI is InChI=1S/C24H22ClN5OS/c1-16-20(24(32)30(26-16)19-12-8-5-9-13-19)21-22(17(15-31)14-28(2)3)27-29(23(21)25)18-10-6-4-7-11-18/h4-15,20H,1-3H3/b17-14-. The van der Waals surface area contributed by atoms with Gasteiger partial charge in [-0.3, -0.25) is 4.79 Å². The number of aromatic nitrogens is 2. The molecule has 3 aromatic rings. The van der Waals surface area contributed by atoms with Crippen LogP contribution in [0.2, 0.25) is 5.15 Å². The normalized spacial score (nSPS) is 16.3. The van der Waals surface area contributed by atoms with Crippen LogP contribution in [0, 0.1) is 0 Å². The molecule has 4 rings (SSSR count). The number of hydrogen-bond acceptors (Lipinski definition) is 5. The van der Waals surface area contributed by atoms with Crippen molar-refractivity contribution in [3.63, 3.8) is 0 Å². The van der Waals surface area contributed by atoms with E-state index in [9.17, 15) is 4.79 Å².